The lowest BCUT2D eigenvalue weighted by molar-refractivity contribution is -0.384. The summed E-state index contributed by atoms with van der Waals surface area (Å²) < 4.78 is 23.0. The monoisotopic (exact) mass is 252 g/mol. The summed E-state index contributed by atoms with van der Waals surface area (Å²) in [6.07, 6.45) is 0. The zero-order valence-corrected chi connectivity index (χ0v) is 8.62. The van der Waals surface area contributed by atoms with Crippen molar-refractivity contribution in [1.29, 1.82) is 0 Å². The summed E-state index contributed by atoms with van der Waals surface area (Å²) in [4.78, 5) is 13.1. The molecule has 15 heavy (non-hydrogen) atoms. The molecule has 1 heterocycles. The van der Waals surface area contributed by atoms with Crippen LogP contribution in [-0.4, -0.2) is 18.3 Å². The van der Waals surface area contributed by atoms with Gasteiger partial charge in [0.1, 0.15) is 5.15 Å². The Morgan fingerprint density at radius 2 is 2.13 bits per heavy atom. The van der Waals surface area contributed by atoms with Crippen molar-refractivity contribution in [3.63, 3.8) is 0 Å². The topological polar surface area (TPSA) is 128 Å². The minimum Gasteiger partial charge on any atom is -0.258 e. The van der Waals surface area contributed by atoms with Gasteiger partial charge in [0.05, 0.1) is 4.92 Å². The van der Waals surface area contributed by atoms with E-state index in [-0.39, 0.29) is 5.15 Å². The Labute approximate surface area is 89.4 Å². The highest BCUT2D eigenvalue weighted by Crippen LogP contribution is 2.24. The third-order valence-electron chi connectivity index (χ3n) is 1.28. The Balaban J connectivity index is 3.25. The van der Waals surface area contributed by atoms with E-state index in [1.807, 2.05) is 0 Å². The summed E-state index contributed by atoms with van der Waals surface area (Å²) in [5.41, 5.74) is -0.534. The summed E-state index contributed by atoms with van der Waals surface area (Å²) in [5.74, 6) is -0.519. The Kier molecular flexibility index (Phi) is 3.07. The van der Waals surface area contributed by atoms with Crippen LogP contribution in [0.2, 0.25) is 5.15 Å². The molecule has 0 amide bonds. The van der Waals surface area contributed by atoms with Gasteiger partial charge < -0.3 is 0 Å². The van der Waals surface area contributed by atoms with Crippen molar-refractivity contribution in [3.8, 4) is 0 Å². The van der Waals surface area contributed by atoms with Crippen molar-refractivity contribution in [1.82, 2.24) is 4.98 Å². The van der Waals surface area contributed by atoms with Crippen LogP contribution in [0.5, 0.6) is 0 Å². The summed E-state index contributed by atoms with van der Waals surface area (Å²) in [6, 6.07) is 2.18. The molecule has 0 saturated heterocycles. The average molecular weight is 253 g/mol. The van der Waals surface area contributed by atoms with Crippen LogP contribution in [0.1, 0.15) is 0 Å². The van der Waals surface area contributed by atoms with Crippen molar-refractivity contribution in [2.24, 2.45) is 5.14 Å². The van der Waals surface area contributed by atoms with Crippen LogP contribution in [0.25, 0.3) is 0 Å². The molecular formula is C5H5ClN4O4S. The van der Waals surface area contributed by atoms with E-state index in [9.17, 15) is 18.5 Å². The van der Waals surface area contributed by atoms with Crippen LogP contribution < -0.4 is 9.86 Å². The molecule has 0 unspecified atom stereocenters. The number of hydrogen-bond acceptors (Lipinski definition) is 5. The van der Waals surface area contributed by atoms with Crippen molar-refractivity contribution in [2.75, 3.05) is 4.72 Å². The fourth-order valence-electron chi connectivity index (χ4n) is 0.785. The summed E-state index contributed by atoms with van der Waals surface area (Å²) in [6.45, 7) is 0. The number of nitro groups is 1. The molecule has 0 aliphatic heterocycles. The van der Waals surface area contributed by atoms with Gasteiger partial charge in [0.25, 0.3) is 10.2 Å². The van der Waals surface area contributed by atoms with E-state index in [0.29, 0.717) is 0 Å². The highest BCUT2D eigenvalue weighted by atomic mass is 35.5. The van der Waals surface area contributed by atoms with Crippen molar-refractivity contribution in [3.05, 3.63) is 27.4 Å². The molecule has 0 fully saturated rings. The number of hydrogen-bond donors (Lipinski definition) is 2. The molecule has 0 aliphatic carbocycles. The van der Waals surface area contributed by atoms with Gasteiger partial charge >= 0.3 is 5.69 Å². The van der Waals surface area contributed by atoms with Crippen LogP contribution in [0.15, 0.2) is 12.1 Å². The number of nitrogens with one attached hydrogen (secondary N) is 1. The van der Waals surface area contributed by atoms with Gasteiger partial charge in [-0.25, -0.2) is 14.8 Å². The molecule has 0 atom stereocenters. The molecule has 0 bridgehead atoms. The van der Waals surface area contributed by atoms with E-state index in [1.165, 1.54) is 0 Å². The largest absolute Gasteiger partial charge is 0.312 e. The number of rotatable bonds is 3. The average Bonchev–Trinajstić information content (AvgIpc) is 1.99. The van der Waals surface area contributed by atoms with E-state index in [1.54, 1.807) is 4.72 Å². The maximum absolute atomic E-state index is 10.6. The number of anilines is 1. The Hall–Kier alpha value is -1.45. The smallest absolute Gasteiger partial charge is 0.258 e. The number of pyridine rings is 1. The number of halogens is 1. The van der Waals surface area contributed by atoms with Crippen molar-refractivity contribution in [2.45, 2.75) is 0 Å². The zero-order chi connectivity index (χ0) is 11.6. The van der Waals surface area contributed by atoms with Crippen LogP contribution in [0.4, 0.5) is 11.5 Å². The van der Waals surface area contributed by atoms with Crippen molar-refractivity contribution < 1.29 is 13.3 Å². The number of aromatic nitrogens is 1. The van der Waals surface area contributed by atoms with Gasteiger partial charge in [-0.05, 0) is 6.07 Å². The molecule has 3 N–H and O–H groups in total. The predicted octanol–water partition coefficient (Wildman–Crippen LogP) is 0.259. The quantitative estimate of drug-likeness (QED) is 0.453. The lowest BCUT2D eigenvalue weighted by Gasteiger charge is -2.03. The van der Waals surface area contributed by atoms with Crippen LogP contribution in [-0.2, 0) is 10.2 Å². The second kappa shape index (κ2) is 3.96. The number of nitrogens with two attached hydrogens (primary N) is 1. The first-order valence-corrected chi connectivity index (χ1v) is 5.33. The standard InChI is InChI=1S/C5H5ClN4O4S/c6-4-2-1-3(10(11)12)5(8-4)9-15(7,13)14/h1-2H,(H,8,9)(H2,7,13,14). The Bertz CT molecular complexity index is 502. The summed E-state index contributed by atoms with van der Waals surface area (Å²) in [5, 5.41) is 15.0. The third kappa shape index (κ3) is 3.31. The second-order valence-electron chi connectivity index (χ2n) is 2.41. The van der Waals surface area contributed by atoms with E-state index in [0.717, 1.165) is 12.1 Å². The molecule has 0 saturated carbocycles. The number of nitrogens with zero attached hydrogens (tertiary/aromatic N) is 2. The molecule has 1 rings (SSSR count). The first-order valence-electron chi connectivity index (χ1n) is 3.41. The van der Waals surface area contributed by atoms with E-state index in [4.69, 9.17) is 11.6 Å². The Morgan fingerprint density at radius 1 is 1.53 bits per heavy atom. The zero-order valence-electron chi connectivity index (χ0n) is 7.05. The lowest BCUT2D eigenvalue weighted by Crippen LogP contribution is -2.23. The first kappa shape index (κ1) is 11.6. The molecule has 1 aromatic rings. The molecule has 1 aromatic heterocycles. The van der Waals surface area contributed by atoms with Gasteiger partial charge in [-0.3, -0.25) is 10.1 Å². The molecule has 82 valence electrons. The van der Waals surface area contributed by atoms with Gasteiger partial charge in [0.2, 0.25) is 5.82 Å². The van der Waals surface area contributed by atoms with Crippen LogP contribution >= 0.6 is 11.6 Å². The minimum absolute atomic E-state index is 0.0910. The molecule has 0 spiro atoms. The molecule has 8 nitrogen and oxygen atoms in total. The van der Waals surface area contributed by atoms with E-state index < -0.39 is 26.6 Å². The van der Waals surface area contributed by atoms with E-state index >= 15 is 0 Å². The normalized spacial score (nSPS) is 11.1. The molecular weight excluding hydrogens is 248 g/mol. The van der Waals surface area contributed by atoms with Gasteiger partial charge in [-0.1, -0.05) is 11.6 Å². The highest BCUT2D eigenvalue weighted by molar-refractivity contribution is 7.90. The summed E-state index contributed by atoms with van der Waals surface area (Å²) >= 11 is 5.44. The first-order chi connectivity index (χ1) is 6.79. The van der Waals surface area contributed by atoms with Gasteiger partial charge in [0.15, 0.2) is 0 Å². The Morgan fingerprint density at radius 3 is 2.60 bits per heavy atom. The summed E-state index contributed by atoms with van der Waals surface area (Å²) in [7, 11) is -4.13. The molecule has 10 heteroatoms. The molecule has 0 radical (unpaired) electrons. The SMILES string of the molecule is NS(=O)(=O)Nc1nc(Cl)ccc1[N+](=O)[O-]. The maximum Gasteiger partial charge on any atom is 0.312 e. The lowest BCUT2D eigenvalue weighted by atomic mass is 10.4. The minimum atomic E-state index is -4.13. The van der Waals surface area contributed by atoms with E-state index in [2.05, 4.69) is 10.1 Å². The highest BCUT2D eigenvalue weighted by Gasteiger charge is 2.18. The van der Waals surface area contributed by atoms with Gasteiger partial charge in [-0.2, -0.15) is 8.42 Å². The van der Waals surface area contributed by atoms with Gasteiger partial charge in [0, 0.05) is 6.07 Å². The van der Waals surface area contributed by atoms with Gasteiger partial charge in [-0.15, -0.1) is 0 Å². The molecule has 0 aromatic carbocycles. The fraction of sp³-hybridized carbons (Fsp3) is 0. The fourth-order valence-corrected chi connectivity index (χ4v) is 1.35. The van der Waals surface area contributed by atoms with Crippen LogP contribution in [0.3, 0.4) is 0 Å². The maximum atomic E-state index is 10.6. The molecule has 0 aliphatic rings. The third-order valence-corrected chi connectivity index (χ3v) is 1.96. The van der Waals surface area contributed by atoms with Crippen molar-refractivity contribution >= 4 is 33.3 Å². The second-order valence-corrected chi connectivity index (χ2v) is 4.09. The van der Waals surface area contributed by atoms with Crippen LogP contribution in [0, 0.1) is 10.1 Å². The predicted molar refractivity (Wildman–Crippen MR) is 52.6 cm³/mol.